The van der Waals surface area contributed by atoms with Crippen molar-refractivity contribution in [3.63, 3.8) is 0 Å². The van der Waals surface area contributed by atoms with Gasteiger partial charge in [-0.1, -0.05) is 144 Å². The molecule has 39 nitrogen and oxygen atoms in total. The van der Waals surface area contributed by atoms with Crippen molar-refractivity contribution >= 4 is 107 Å². The lowest BCUT2D eigenvalue weighted by atomic mass is 9.95. The molecule has 0 heterocycles. The summed E-state index contributed by atoms with van der Waals surface area (Å²) in [4.78, 5) is 234. The van der Waals surface area contributed by atoms with Gasteiger partial charge < -0.3 is 112 Å². The first-order chi connectivity index (χ1) is 52.5. The number of aliphatic carboxylic acids is 3. The first kappa shape index (κ1) is 103. The molecule has 0 aromatic carbocycles. The van der Waals surface area contributed by atoms with E-state index in [1.807, 2.05) is 5.32 Å². The zero-order valence-electron chi connectivity index (χ0n) is 69.1. The fourth-order valence-electron chi connectivity index (χ4n) is 11.3. The Balaban J connectivity index is 6.76. The van der Waals surface area contributed by atoms with Crippen LogP contribution in [-0.4, -0.2) is 231 Å². The summed E-state index contributed by atoms with van der Waals surface area (Å²) in [6, 6.07) is -19.8. The zero-order valence-corrected chi connectivity index (χ0v) is 69.1. The quantitative estimate of drug-likeness (QED) is 0.0170. The van der Waals surface area contributed by atoms with E-state index >= 15 is 0 Å². The maximum Gasteiger partial charge on any atom is 0.328 e. The number of aliphatic hydroxyl groups excluding tert-OH is 1. The van der Waals surface area contributed by atoms with Crippen molar-refractivity contribution in [3.05, 3.63) is 0 Å². The molecule has 0 spiro atoms. The highest BCUT2D eigenvalue weighted by molar-refractivity contribution is 6.01. The first-order valence-corrected chi connectivity index (χ1v) is 38.8. The Morgan fingerprint density at radius 2 is 0.681 bits per heavy atom. The van der Waals surface area contributed by atoms with Crippen LogP contribution in [0.4, 0.5) is 0 Å². The van der Waals surface area contributed by atoms with Crippen LogP contribution in [-0.2, 0) is 81.5 Å². The maximum absolute atomic E-state index is 14.4. The summed E-state index contributed by atoms with van der Waals surface area (Å²) >= 11 is 0. The van der Waals surface area contributed by atoms with E-state index in [0.29, 0.717) is 12.8 Å². The van der Waals surface area contributed by atoms with Crippen molar-refractivity contribution in [1.82, 2.24) is 74.4 Å². The van der Waals surface area contributed by atoms with Gasteiger partial charge in [0.2, 0.25) is 82.7 Å². The van der Waals surface area contributed by atoms with Crippen molar-refractivity contribution in [3.8, 4) is 0 Å². The van der Waals surface area contributed by atoms with Gasteiger partial charge >= 0.3 is 17.9 Å². The SMILES string of the molecule is CC[C@H](C)[C@H](NC(=O)[C@H](CC(C)C)NC(=O)[C@@H](NC(=O)[C@@H](NC(=O)[C@H](CC(=O)O)NC(=O)[C@@H](NC(=O)[C@@H](N)C(C)C)[C@@H](C)CC)C(C)C)C(C)C)C(=O)N[C@@H](C)C(=O)NCC(=O)N[C@@H](CCCN=C(N)N)C(=O)N[C@H](C(=O)N[C@@H](CC(C)C)C(=O)N[C@@H](CC(C)C)C(=O)N[C@@H](CCC(=O)O)C(=O)N[C@@H](CO)C(=O)O)[C@@H](C)CC. The molecule has 0 aliphatic rings. The lowest BCUT2D eigenvalue weighted by molar-refractivity contribution is -0.144. The molecule has 0 aliphatic carbocycles. The van der Waals surface area contributed by atoms with Crippen LogP contribution in [0.25, 0.3) is 0 Å². The van der Waals surface area contributed by atoms with Gasteiger partial charge in [-0.15, -0.1) is 0 Å². The van der Waals surface area contributed by atoms with Gasteiger partial charge in [-0.25, -0.2) is 4.79 Å². The summed E-state index contributed by atoms with van der Waals surface area (Å²) < 4.78 is 0. The molecule has 0 rings (SSSR count). The molecule has 0 radical (unpaired) electrons. The van der Waals surface area contributed by atoms with E-state index in [2.05, 4.69) is 74.1 Å². The van der Waals surface area contributed by atoms with Gasteiger partial charge in [-0.05, 0) is 98.7 Å². The minimum Gasteiger partial charge on any atom is -0.481 e. The molecule has 0 aromatic rings. The second kappa shape index (κ2) is 51.7. The van der Waals surface area contributed by atoms with Crippen molar-refractivity contribution in [2.75, 3.05) is 19.7 Å². The Morgan fingerprint density at radius 1 is 0.354 bits per heavy atom. The Kier molecular flexibility index (Phi) is 47.2. The molecule has 0 bridgehead atoms. The number of guanidine groups is 1. The summed E-state index contributed by atoms with van der Waals surface area (Å²) in [5, 5.41) is 73.6. The topological polar surface area (TPSA) is 630 Å². The van der Waals surface area contributed by atoms with Gasteiger partial charge in [0.05, 0.1) is 25.6 Å². The second-order valence-corrected chi connectivity index (χ2v) is 31.2. The van der Waals surface area contributed by atoms with Crippen LogP contribution in [0.2, 0.25) is 0 Å². The Hall–Kier alpha value is -9.82. The van der Waals surface area contributed by atoms with Crippen molar-refractivity contribution in [2.45, 2.75) is 287 Å². The fourth-order valence-corrected chi connectivity index (χ4v) is 11.3. The molecule has 0 aromatic heterocycles. The number of nitrogens with one attached hydrogen (secondary N) is 14. The van der Waals surface area contributed by atoms with Crippen LogP contribution in [0, 0.1) is 53.3 Å². The predicted octanol–water partition coefficient (Wildman–Crippen LogP) is -2.53. The fraction of sp³-hybridized carbons (Fsp3) is 0.757. The zero-order chi connectivity index (χ0) is 87.2. The van der Waals surface area contributed by atoms with Crippen molar-refractivity contribution < 1.29 is 102 Å². The molecule has 0 fully saturated rings. The standard InChI is InChI=1S/C74H132N18O21/c1-20-40(16)57(91-65(104)48(30-36(8)9)84-68(107)55(38(12)13)89-69(108)56(39(14)15)88-66(105)49(31-53(97)98)86-72(111)59(42(18)22-3)92-67(106)54(75)37(10)11)70(109)80-43(19)60(99)79-32-51(94)81-44(24-23-27-78-74(76)77)62(101)90-58(41(17)21-2)71(110)85-47(29-35(6)7)64(103)83-46(28-34(4)5)63(102)82-45(25-26-52(95)96)61(100)87-50(33-93)73(112)113/h34-50,54-59,93H,20-33,75H2,1-19H3,(H,79,99)(H,80,109)(H,81,94)(H,82,102)(H,83,103)(H,84,107)(H,85,110)(H,86,111)(H,87,100)(H,88,105)(H,89,108)(H,90,101)(H,91,104)(H,92,106)(H,95,96)(H,97,98)(H,112,113)(H4,76,77,78)/t40-,41-,42-,43-,44-,45-,46-,47-,48-,49-,50-,54-,55-,56-,57-,58-,59-/m0/s1. The predicted molar refractivity (Wildman–Crippen MR) is 417 cm³/mol. The Morgan fingerprint density at radius 3 is 1.06 bits per heavy atom. The summed E-state index contributed by atoms with van der Waals surface area (Å²) in [5.41, 5.74) is 17.1. The maximum atomic E-state index is 14.4. The van der Waals surface area contributed by atoms with E-state index in [-0.39, 0.29) is 74.7 Å². The number of nitrogens with two attached hydrogens (primary N) is 3. The lowest BCUT2D eigenvalue weighted by Crippen LogP contribution is -2.62. The number of nitrogens with zero attached hydrogens (tertiary/aromatic N) is 1. The molecule has 0 unspecified atom stereocenters. The summed E-state index contributed by atoms with van der Waals surface area (Å²) in [6.07, 6.45) is -1.19. The van der Waals surface area contributed by atoms with Gasteiger partial charge in [-0.3, -0.25) is 81.7 Å². The van der Waals surface area contributed by atoms with Gasteiger partial charge in [0.25, 0.3) is 0 Å². The normalized spacial score (nSPS) is 15.9. The minimum atomic E-state index is -1.80. The average Bonchev–Trinajstić information content (AvgIpc) is 0.820. The number of amides is 14. The highest BCUT2D eigenvalue weighted by atomic mass is 16.4. The molecule has 39 heteroatoms. The molecular weight excluding hydrogens is 1480 g/mol. The summed E-state index contributed by atoms with van der Waals surface area (Å²) in [6.45, 7) is 29.9. The van der Waals surface area contributed by atoms with Crippen LogP contribution in [0.3, 0.4) is 0 Å². The number of carboxylic acids is 3. The molecule has 14 amide bonds. The molecule has 113 heavy (non-hydrogen) atoms. The van der Waals surface area contributed by atoms with Crippen LogP contribution >= 0.6 is 0 Å². The lowest BCUT2D eigenvalue weighted by Gasteiger charge is -2.31. The number of rotatable bonds is 54. The number of carboxylic acid groups (broad SMARTS) is 3. The van der Waals surface area contributed by atoms with Crippen molar-refractivity contribution in [1.29, 1.82) is 0 Å². The van der Waals surface area contributed by atoms with Crippen LogP contribution in [0.5, 0.6) is 0 Å². The third-order valence-electron chi connectivity index (χ3n) is 18.8. The van der Waals surface area contributed by atoms with Crippen LogP contribution < -0.4 is 91.6 Å². The summed E-state index contributed by atoms with van der Waals surface area (Å²) in [5.74, 6) is -21.4. The molecule has 17 atom stereocenters. The molecular formula is C74H132N18O21. The number of hydrogen-bond donors (Lipinski definition) is 21. The molecule has 644 valence electrons. The van der Waals surface area contributed by atoms with E-state index in [1.165, 1.54) is 6.92 Å². The average molecular weight is 1610 g/mol. The van der Waals surface area contributed by atoms with E-state index in [4.69, 9.17) is 17.2 Å². The van der Waals surface area contributed by atoms with Crippen LogP contribution in [0.1, 0.15) is 202 Å². The highest BCUT2D eigenvalue weighted by Gasteiger charge is 2.41. The first-order valence-electron chi connectivity index (χ1n) is 38.8. The number of carbonyl (C=O) groups excluding carboxylic acids is 14. The van der Waals surface area contributed by atoms with E-state index in [1.54, 1.807) is 125 Å². The molecule has 0 saturated carbocycles. The third-order valence-corrected chi connectivity index (χ3v) is 18.8. The number of hydrogen-bond acceptors (Lipinski definition) is 20. The largest absolute Gasteiger partial charge is 0.481 e. The Labute approximate surface area is 662 Å². The van der Waals surface area contributed by atoms with Gasteiger partial charge in [0.15, 0.2) is 5.96 Å². The van der Waals surface area contributed by atoms with E-state index < -0.39 is 247 Å². The third kappa shape index (κ3) is 38.5. The van der Waals surface area contributed by atoms with E-state index in [9.17, 15) is 102 Å². The van der Waals surface area contributed by atoms with Crippen LogP contribution in [0.15, 0.2) is 4.99 Å². The Bertz CT molecular complexity index is 3240. The minimum absolute atomic E-state index is 0.0143. The van der Waals surface area contributed by atoms with Gasteiger partial charge in [0, 0.05) is 13.0 Å². The molecule has 0 saturated heterocycles. The van der Waals surface area contributed by atoms with Crippen molar-refractivity contribution in [2.24, 2.45) is 75.5 Å². The monoisotopic (exact) mass is 1610 g/mol. The molecule has 0 aliphatic heterocycles. The molecule has 24 N–H and O–H groups in total. The number of carbonyl (C=O) groups is 17. The highest BCUT2D eigenvalue weighted by Crippen LogP contribution is 2.18. The van der Waals surface area contributed by atoms with Gasteiger partial charge in [-0.2, -0.15) is 0 Å². The smallest absolute Gasteiger partial charge is 0.328 e. The van der Waals surface area contributed by atoms with Gasteiger partial charge in [0.1, 0.15) is 78.5 Å². The second-order valence-electron chi connectivity index (χ2n) is 31.2. The van der Waals surface area contributed by atoms with E-state index in [0.717, 1.165) is 0 Å². The number of aliphatic imine (C=N–C) groups is 1. The number of aliphatic hydroxyl groups is 1. The summed E-state index contributed by atoms with van der Waals surface area (Å²) in [7, 11) is 0.